The summed E-state index contributed by atoms with van der Waals surface area (Å²) in [5, 5.41) is 5.36. The third-order valence-electron chi connectivity index (χ3n) is 1.21. The highest BCUT2D eigenvalue weighted by Crippen LogP contribution is 2.14. The Balaban J connectivity index is 2.19. The molecular formula is C6H7F3N2O3. The first-order valence-corrected chi connectivity index (χ1v) is 3.66. The maximum Gasteiger partial charge on any atom is 0.434 e. The van der Waals surface area contributed by atoms with E-state index in [0.717, 1.165) is 0 Å². The fraction of sp³-hybridized carbons (Fsp3) is 0.667. The van der Waals surface area contributed by atoms with Crippen molar-refractivity contribution in [2.24, 2.45) is 0 Å². The van der Waals surface area contributed by atoms with Gasteiger partial charge in [-0.05, 0) is 0 Å². The molecule has 0 saturated carbocycles. The molecule has 1 rings (SSSR count). The molecule has 80 valence electrons. The van der Waals surface area contributed by atoms with Crippen molar-refractivity contribution >= 4 is 0 Å². The van der Waals surface area contributed by atoms with Crippen LogP contribution in [0.1, 0.15) is 5.89 Å². The molecule has 0 amide bonds. The summed E-state index contributed by atoms with van der Waals surface area (Å²) in [6.45, 7) is -1.52. The van der Waals surface area contributed by atoms with Crippen LogP contribution < -0.4 is 5.76 Å². The normalized spacial score (nSPS) is 11.9. The molecule has 0 radical (unpaired) electrons. The predicted molar refractivity (Wildman–Crippen MR) is 37.7 cm³/mol. The van der Waals surface area contributed by atoms with Crippen molar-refractivity contribution in [3.05, 3.63) is 16.4 Å². The lowest BCUT2D eigenvalue weighted by Crippen LogP contribution is -2.18. The van der Waals surface area contributed by atoms with Crippen LogP contribution in [0.5, 0.6) is 0 Å². The minimum Gasteiger partial charge on any atom is -0.392 e. The lowest BCUT2D eigenvalue weighted by Gasteiger charge is -2.05. The fourth-order valence-electron chi connectivity index (χ4n) is 0.715. The quantitative estimate of drug-likeness (QED) is 0.737. The van der Waals surface area contributed by atoms with Gasteiger partial charge in [-0.1, -0.05) is 0 Å². The molecule has 0 unspecified atom stereocenters. The molecule has 0 aliphatic carbocycles. The summed E-state index contributed by atoms with van der Waals surface area (Å²) in [6.07, 6.45) is -4.32. The van der Waals surface area contributed by atoms with Crippen molar-refractivity contribution in [2.75, 3.05) is 13.2 Å². The lowest BCUT2D eigenvalue weighted by atomic mass is 10.4. The highest BCUT2D eigenvalue weighted by molar-refractivity contribution is 4.72. The molecule has 0 bridgehead atoms. The Morgan fingerprint density at radius 3 is 2.71 bits per heavy atom. The van der Waals surface area contributed by atoms with Crippen molar-refractivity contribution in [1.29, 1.82) is 0 Å². The van der Waals surface area contributed by atoms with Gasteiger partial charge in [0.05, 0.1) is 6.61 Å². The van der Waals surface area contributed by atoms with E-state index < -0.39 is 18.5 Å². The Kier molecular flexibility index (Phi) is 3.28. The average Bonchev–Trinajstić information content (AvgIpc) is 2.44. The Bertz CT molecular complexity index is 330. The van der Waals surface area contributed by atoms with E-state index in [1.807, 2.05) is 5.10 Å². The van der Waals surface area contributed by atoms with Gasteiger partial charge in [0.15, 0.2) is 0 Å². The molecule has 1 aromatic heterocycles. The molecule has 1 aromatic rings. The third-order valence-corrected chi connectivity index (χ3v) is 1.21. The maximum atomic E-state index is 11.6. The second-order valence-electron chi connectivity index (χ2n) is 2.42. The standard InChI is InChI=1S/C6H7F3N2O3/c7-6(8,9)3-13-2-1-4-10-11-5(12)14-4/h1-3H2,(H,11,12). The first-order chi connectivity index (χ1) is 6.47. The predicted octanol–water partition coefficient (Wildman–Crippen LogP) is 0.484. The van der Waals surface area contributed by atoms with E-state index in [-0.39, 0.29) is 18.9 Å². The van der Waals surface area contributed by atoms with E-state index in [4.69, 9.17) is 0 Å². The van der Waals surface area contributed by atoms with Crippen LogP contribution in [0.4, 0.5) is 13.2 Å². The van der Waals surface area contributed by atoms with Crippen LogP contribution in [0.15, 0.2) is 9.21 Å². The van der Waals surface area contributed by atoms with Gasteiger partial charge in [0.25, 0.3) is 0 Å². The smallest absolute Gasteiger partial charge is 0.392 e. The number of ether oxygens (including phenoxy) is 1. The average molecular weight is 212 g/mol. The van der Waals surface area contributed by atoms with Crippen molar-refractivity contribution < 1.29 is 22.3 Å². The first-order valence-electron chi connectivity index (χ1n) is 3.66. The maximum absolute atomic E-state index is 11.6. The van der Waals surface area contributed by atoms with Gasteiger partial charge in [0, 0.05) is 6.42 Å². The molecule has 0 fully saturated rings. The number of rotatable bonds is 4. The second-order valence-corrected chi connectivity index (χ2v) is 2.42. The van der Waals surface area contributed by atoms with E-state index in [1.54, 1.807) is 0 Å². The molecule has 8 heteroatoms. The van der Waals surface area contributed by atoms with Crippen LogP contribution in [0.2, 0.25) is 0 Å². The van der Waals surface area contributed by atoms with E-state index >= 15 is 0 Å². The number of H-pyrrole nitrogens is 1. The van der Waals surface area contributed by atoms with E-state index in [1.165, 1.54) is 0 Å². The molecule has 0 aliphatic rings. The Morgan fingerprint density at radius 1 is 1.50 bits per heavy atom. The molecule has 1 N–H and O–H groups in total. The Labute approximate surface area is 75.9 Å². The first kappa shape index (κ1) is 10.8. The van der Waals surface area contributed by atoms with Crippen molar-refractivity contribution in [2.45, 2.75) is 12.6 Å². The Morgan fingerprint density at radius 2 is 2.21 bits per heavy atom. The van der Waals surface area contributed by atoms with Crippen molar-refractivity contribution in [3.63, 3.8) is 0 Å². The van der Waals surface area contributed by atoms with Gasteiger partial charge in [-0.25, -0.2) is 9.89 Å². The summed E-state index contributed by atoms with van der Waals surface area (Å²) < 4.78 is 43.4. The molecule has 0 atom stereocenters. The van der Waals surface area contributed by atoms with Crippen LogP contribution in [-0.2, 0) is 11.2 Å². The lowest BCUT2D eigenvalue weighted by molar-refractivity contribution is -0.173. The number of aromatic amines is 1. The third kappa shape index (κ3) is 4.08. The van der Waals surface area contributed by atoms with Gasteiger partial charge >= 0.3 is 11.9 Å². The zero-order valence-corrected chi connectivity index (χ0v) is 6.93. The van der Waals surface area contributed by atoms with Crippen LogP contribution >= 0.6 is 0 Å². The second kappa shape index (κ2) is 4.27. The van der Waals surface area contributed by atoms with E-state index in [9.17, 15) is 18.0 Å². The van der Waals surface area contributed by atoms with Crippen LogP contribution in [0, 0.1) is 0 Å². The number of hydrogen-bond donors (Lipinski definition) is 1. The molecule has 14 heavy (non-hydrogen) atoms. The van der Waals surface area contributed by atoms with Crippen LogP contribution in [0.25, 0.3) is 0 Å². The number of hydrogen-bond acceptors (Lipinski definition) is 4. The summed E-state index contributed by atoms with van der Waals surface area (Å²) in [5.41, 5.74) is 0. The number of nitrogens with one attached hydrogen (secondary N) is 1. The minimum absolute atomic E-state index is 0.0226. The summed E-state index contributed by atoms with van der Waals surface area (Å²) >= 11 is 0. The zero-order chi connectivity index (χ0) is 10.6. The topological polar surface area (TPSA) is 68.1 Å². The summed E-state index contributed by atoms with van der Waals surface area (Å²) in [5.74, 6) is -0.715. The molecule has 0 aromatic carbocycles. The highest BCUT2D eigenvalue weighted by atomic mass is 19.4. The van der Waals surface area contributed by atoms with E-state index in [0.29, 0.717) is 0 Å². The fourth-order valence-corrected chi connectivity index (χ4v) is 0.715. The van der Waals surface area contributed by atoms with Gasteiger partial charge in [-0.15, -0.1) is 5.10 Å². The number of alkyl halides is 3. The van der Waals surface area contributed by atoms with Gasteiger partial charge in [-0.3, -0.25) is 0 Å². The monoisotopic (exact) mass is 212 g/mol. The summed E-state index contributed by atoms with van der Waals surface area (Å²) in [6, 6.07) is 0. The summed E-state index contributed by atoms with van der Waals surface area (Å²) in [7, 11) is 0. The van der Waals surface area contributed by atoms with E-state index in [2.05, 4.69) is 14.3 Å². The molecule has 0 spiro atoms. The Hall–Kier alpha value is -1.31. The van der Waals surface area contributed by atoms with Crippen LogP contribution in [0.3, 0.4) is 0 Å². The van der Waals surface area contributed by atoms with Gasteiger partial charge in [-0.2, -0.15) is 13.2 Å². The number of aromatic nitrogens is 2. The molecular weight excluding hydrogens is 205 g/mol. The van der Waals surface area contributed by atoms with Gasteiger partial charge < -0.3 is 9.15 Å². The minimum atomic E-state index is -4.34. The molecule has 0 saturated heterocycles. The highest BCUT2D eigenvalue weighted by Gasteiger charge is 2.27. The SMILES string of the molecule is O=c1[nH]nc(CCOCC(F)(F)F)o1. The van der Waals surface area contributed by atoms with Gasteiger partial charge in [0.1, 0.15) is 6.61 Å². The largest absolute Gasteiger partial charge is 0.434 e. The van der Waals surface area contributed by atoms with Crippen LogP contribution in [-0.4, -0.2) is 29.6 Å². The number of nitrogens with zero attached hydrogens (tertiary/aromatic N) is 1. The zero-order valence-electron chi connectivity index (χ0n) is 6.93. The number of halogens is 3. The van der Waals surface area contributed by atoms with Gasteiger partial charge in [0.2, 0.25) is 5.89 Å². The van der Waals surface area contributed by atoms with Crippen molar-refractivity contribution in [3.8, 4) is 0 Å². The van der Waals surface area contributed by atoms with Crippen molar-refractivity contribution in [1.82, 2.24) is 10.2 Å². The molecule has 5 nitrogen and oxygen atoms in total. The molecule has 1 heterocycles. The molecule has 0 aliphatic heterocycles. The summed E-state index contributed by atoms with van der Waals surface area (Å²) in [4.78, 5) is 10.4.